The SMILES string of the molecule is CCNC(=O)C1(C)CCN(C(=O)c2ccc(F)c(Cl)c2)C1. The van der Waals surface area contributed by atoms with Crippen molar-refractivity contribution in [2.24, 2.45) is 5.41 Å². The zero-order valence-electron chi connectivity index (χ0n) is 12.1. The van der Waals surface area contributed by atoms with E-state index in [4.69, 9.17) is 11.6 Å². The van der Waals surface area contributed by atoms with E-state index in [2.05, 4.69) is 5.32 Å². The zero-order valence-corrected chi connectivity index (χ0v) is 12.8. The number of carbonyl (C=O) groups excluding carboxylic acids is 2. The normalized spacial score (nSPS) is 21.4. The second-order valence-electron chi connectivity index (χ2n) is 5.53. The lowest BCUT2D eigenvalue weighted by Gasteiger charge is -2.23. The molecule has 1 aromatic rings. The highest BCUT2D eigenvalue weighted by atomic mass is 35.5. The lowest BCUT2D eigenvalue weighted by Crippen LogP contribution is -2.41. The topological polar surface area (TPSA) is 49.4 Å². The number of nitrogens with one attached hydrogen (secondary N) is 1. The van der Waals surface area contributed by atoms with E-state index < -0.39 is 11.2 Å². The van der Waals surface area contributed by atoms with E-state index in [1.807, 2.05) is 13.8 Å². The predicted octanol–water partition coefficient (Wildman–Crippen LogP) is 2.47. The van der Waals surface area contributed by atoms with Crippen LogP contribution < -0.4 is 5.32 Å². The zero-order chi connectivity index (χ0) is 15.6. The Labute approximate surface area is 128 Å². The van der Waals surface area contributed by atoms with Crippen molar-refractivity contribution in [3.8, 4) is 0 Å². The number of amides is 2. The summed E-state index contributed by atoms with van der Waals surface area (Å²) >= 11 is 5.70. The lowest BCUT2D eigenvalue weighted by atomic mass is 9.89. The summed E-state index contributed by atoms with van der Waals surface area (Å²) in [7, 11) is 0. The van der Waals surface area contributed by atoms with Gasteiger partial charge in [0.15, 0.2) is 0 Å². The number of hydrogen-bond donors (Lipinski definition) is 1. The molecule has 0 aromatic heterocycles. The molecule has 0 saturated carbocycles. The molecule has 0 radical (unpaired) electrons. The Bertz CT molecular complexity index is 579. The largest absolute Gasteiger partial charge is 0.356 e. The number of carbonyl (C=O) groups is 2. The molecule has 1 fully saturated rings. The molecule has 1 heterocycles. The number of rotatable bonds is 3. The number of hydrogen-bond acceptors (Lipinski definition) is 2. The van der Waals surface area contributed by atoms with E-state index in [1.54, 1.807) is 4.90 Å². The van der Waals surface area contributed by atoms with Crippen molar-refractivity contribution in [2.45, 2.75) is 20.3 Å². The van der Waals surface area contributed by atoms with Crippen molar-refractivity contribution >= 4 is 23.4 Å². The van der Waals surface area contributed by atoms with Gasteiger partial charge in [0.2, 0.25) is 5.91 Å². The van der Waals surface area contributed by atoms with Gasteiger partial charge in [0, 0.05) is 25.2 Å². The minimum atomic E-state index is -0.574. The first kappa shape index (κ1) is 15.8. The van der Waals surface area contributed by atoms with E-state index in [-0.39, 0.29) is 16.8 Å². The third-order valence-electron chi connectivity index (χ3n) is 3.81. The Morgan fingerprint density at radius 2 is 2.19 bits per heavy atom. The Balaban J connectivity index is 2.12. The summed E-state index contributed by atoms with van der Waals surface area (Å²) in [5.41, 5.74) is -0.239. The minimum absolute atomic E-state index is 0.0440. The highest BCUT2D eigenvalue weighted by Crippen LogP contribution is 2.31. The Morgan fingerprint density at radius 1 is 1.48 bits per heavy atom. The van der Waals surface area contributed by atoms with Crippen molar-refractivity contribution in [3.63, 3.8) is 0 Å². The third kappa shape index (κ3) is 3.18. The molecule has 1 atom stereocenters. The van der Waals surface area contributed by atoms with Gasteiger partial charge in [-0.05, 0) is 38.5 Å². The molecule has 4 nitrogen and oxygen atoms in total. The number of nitrogens with zero attached hydrogens (tertiary/aromatic N) is 1. The van der Waals surface area contributed by atoms with Crippen LogP contribution in [0.3, 0.4) is 0 Å². The molecule has 21 heavy (non-hydrogen) atoms. The van der Waals surface area contributed by atoms with Gasteiger partial charge >= 0.3 is 0 Å². The van der Waals surface area contributed by atoms with Crippen molar-refractivity contribution in [3.05, 3.63) is 34.6 Å². The van der Waals surface area contributed by atoms with Crippen LogP contribution in [0, 0.1) is 11.2 Å². The van der Waals surface area contributed by atoms with Crippen LogP contribution in [0.1, 0.15) is 30.6 Å². The molecule has 0 aliphatic carbocycles. The van der Waals surface area contributed by atoms with Gasteiger partial charge in [0.05, 0.1) is 10.4 Å². The molecule has 6 heteroatoms. The fourth-order valence-electron chi connectivity index (χ4n) is 2.51. The van der Waals surface area contributed by atoms with Crippen molar-refractivity contribution in [1.82, 2.24) is 10.2 Å². The van der Waals surface area contributed by atoms with Gasteiger partial charge in [-0.15, -0.1) is 0 Å². The van der Waals surface area contributed by atoms with Crippen LogP contribution >= 0.6 is 11.6 Å². The van der Waals surface area contributed by atoms with Crippen molar-refractivity contribution < 1.29 is 14.0 Å². The van der Waals surface area contributed by atoms with Crippen LogP contribution in [0.4, 0.5) is 4.39 Å². The van der Waals surface area contributed by atoms with Gasteiger partial charge in [0.1, 0.15) is 5.82 Å². The van der Waals surface area contributed by atoms with Gasteiger partial charge in [-0.1, -0.05) is 11.6 Å². The summed E-state index contributed by atoms with van der Waals surface area (Å²) in [5.74, 6) is -0.829. The van der Waals surface area contributed by atoms with E-state index in [1.165, 1.54) is 18.2 Å². The molecule has 1 aliphatic rings. The van der Waals surface area contributed by atoms with Crippen LogP contribution in [-0.4, -0.2) is 36.3 Å². The van der Waals surface area contributed by atoms with Crippen molar-refractivity contribution in [2.75, 3.05) is 19.6 Å². The van der Waals surface area contributed by atoms with Gasteiger partial charge < -0.3 is 10.2 Å². The number of benzene rings is 1. The molecule has 114 valence electrons. The maximum Gasteiger partial charge on any atom is 0.253 e. The highest BCUT2D eigenvalue weighted by molar-refractivity contribution is 6.31. The summed E-state index contributed by atoms with van der Waals surface area (Å²) in [4.78, 5) is 26.1. The smallest absolute Gasteiger partial charge is 0.253 e. The molecule has 0 spiro atoms. The maximum atomic E-state index is 13.1. The highest BCUT2D eigenvalue weighted by Gasteiger charge is 2.41. The molecule has 1 N–H and O–H groups in total. The average molecular weight is 313 g/mol. The quantitative estimate of drug-likeness (QED) is 0.932. The monoisotopic (exact) mass is 312 g/mol. The van der Waals surface area contributed by atoms with Gasteiger partial charge in [-0.25, -0.2) is 4.39 Å². The van der Waals surface area contributed by atoms with E-state index in [0.29, 0.717) is 31.6 Å². The first-order chi connectivity index (χ1) is 9.87. The number of likely N-dealkylation sites (tertiary alicyclic amines) is 1. The van der Waals surface area contributed by atoms with Gasteiger partial charge in [-0.3, -0.25) is 9.59 Å². The Morgan fingerprint density at radius 3 is 2.81 bits per heavy atom. The summed E-state index contributed by atoms with van der Waals surface area (Å²) in [6.45, 7) is 5.13. The first-order valence-corrected chi connectivity index (χ1v) is 7.28. The van der Waals surface area contributed by atoms with Crippen LogP contribution in [0.15, 0.2) is 18.2 Å². The van der Waals surface area contributed by atoms with Crippen LogP contribution in [-0.2, 0) is 4.79 Å². The molecule has 1 aliphatic heterocycles. The molecule has 1 aromatic carbocycles. The fraction of sp³-hybridized carbons (Fsp3) is 0.467. The summed E-state index contributed by atoms with van der Waals surface area (Å²) in [5, 5.41) is 2.72. The second-order valence-corrected chi connectivity index (χ2v) is 5.93. The first-order valence-electron chi connectivity index (χ1n) is 6.90. The molecule has 1 unspecified atom stereocenters. The Kier molecular flexibility index (Phi) is 4.52. The van der Waals surface area contributed by atoms with E-state index >= 15 is 0 Å². The fourth-order valence-corrected chi connectivity index (χ4v) is 2.69. The molecule has 2 amide bonds. The summed E-state index contributed by atoms with van der Waals surface area (Å²) < 4.78 is 13.1. The Hall–Kier alpha value is -1.62. The van der Waals surface area contributed by atoms with Gasteiger partial charge in [-0.2, -0.15) is 0 Å². The molecule has 0 bridgehead atoms. The molecule has 2 rings (SSSR count). The van der Waals surface area contributed by atoms with Gasteiger partial charge in [0.25, 0.3) is 5.91 Å². The standard InChI is InChI=1S/C15H18ClFN2O2/c1-3-18-14(21)15(2)6-7-19(9-15)13(20)10-4-5-12(17)11(16)8-10/h4-5,8H,3,6-7,9H2,1-2H3,(H,18,21). The molecule has 1 saturated heterocycles. The number of halogens is 2. The summed E-state index contributed by atoms with van der Waals surface area (Å²) in [6, 6.07) is 3.90. The van der Waals surface area contributed by atoms with Crippen LogP contribution in [0.5, 0.6) is 0 Å². The van der Waals surface area contributed by atoms with E-state index in [9.17, 15) is 14.0 Å². The molecular formula is C15H18ClFN2O2. The average Bonchev–Trinajstić information content (AvgIpc) is 2.85. The van der Waals surface area contributed by atoms with Crippen LogP contribution in [0.25, 0.3) is 0 Å². The van der Waals surface area contributed by atoms with Crippen LogP contribution in [0.2, 0.25) is 5.02 Å². The molecular weight excluding hydrogens is 295 g/mol. The van der Waals surface area contributed by atoms with Crippen molar-refractivity contribution in [1.29, 1.82) is 0 Å². The third-order valence-corrected chi connectivity index (χ3v) is 4.10. The maximum absolute atomic E-state index is 13.1. The lowest BCUT2D eigenvalue weighted by molar-refractivity contribution is -0.129. The van der Waals surface area contributed by atoms with E-state index in [0.717, 1.165) is 0 Å². The second kappa shape index (κ2) is 6.02. The predicted molar refractivity (Wildman–Crippen MR) is 78.7 cm³/mol. The minimum Gasteiger partial charge on any atom is -0.356 e. The summed E-state index contributed by atoms with van der Waals surface area (Å²) in [6.07, 6.45) is 0.611.